The average Bonchev–Trinajstić information content (AvgIpc) is 3.50. The molecule has 12 heteroatoms. The Morgan fingerprint density at radius 3 is 2.86 bits per heavy atom. The van der Waals surface area contributed by atoms with Crippen molar-refractivity contribution in [3.05, 3.63) is 47.2 Å². The SMILES string of the molecule is CS(=O)(=O)N1CCN(Cc2cc3ncnc(N4CCOC(c5cccc6[nH]ncc56)C4)c3s2)CC1. The number of sulfonamides is 1. The fourth-order valence-electron chi connectivity index (χ4n) is 4.94. The minimum absolute atomic E-state index is 0.0689. The standard InChI is InChI=1S/C23H27N7O3S2/c1-35(31,32)30-7-5-28(6-8-30)13-16-11-20-22(34-16)23(25-15-24-20)29-9-10-33-21(14-29)17-3-2-4-19-18(17)12-26-27-19/h2-4,11-12,15,21H,5-10,13-14H2,1H3,(H,26,27). The van der Waals surface area contributed by atoms with Gasteiger partial charge in [-0.15, -0.1) is 11.3 Å². The molecular formula is C23H27N7O3S2. The number of anilines is 1. The van der Waals surface area contributed by atoms with Crippen molar-refractivity contribution in [1.29, 1.82) is 0 Å². The molecule has 0 amide bonds. The van der Waals surface area contributed by atoms with E-state index in [1.165, 1.54) is 11.1 Å². The van der Waals surface area contributed by atoms with Crippen LogP contribution in [-0.4, -0.2) is 89.9 Å². The van der Waals surface area contributed by atoms with Crippen molar-refractivity contribution < 1.29 is 13.2 Å². The number of rotatable bonds is 5. The van der Waals surface area contributed by atoms with E-state index in [0.29, 0.717) is 26.2 Å². The highest BCUT2D eigenvalue weighted by atomic mass is 32.2. The third-order valence-electron chi connectivity index (χ3n) is 6.75. The zero-order valence-corrected chi connectivity index (χ0v) is 21.1. The fraction of sp³-hybridized carbons (Fsp3) is 0.435. The molecule has 3 aromatic heterocycles. The third-order valence-corrected chi connectivity index (χ3v) is 9.16. The Kier molecular flexibility index (Phi) is 5.93. The molecule has 2 aliphatic heterocycles. The van der Waals surface area contributed by atoms with Crippen molar-refractivity contribution in [1.82, 2.24) is 29.4 Å². The molecule has 1 atom stereocenters. The maximum absolute atomic E-state index is 11.8. The first kappa shape index (κ1) is 22.8. The summed E-state index contributed by atoms with van der Waals surface area (Å²) < 4.78 is 32.4. The van der Waals surface area contributed by atoms with Gasteiger partial charge in [0, 0.05) is 56.1 Å². The highest BCUT2D eigenvalue weighted by Gasteiger charge is 2.27. The Hall–Kier alpha value is -2.64. The summed E-state index contributed by atoms with van der Waals surface area (Å²) in [6, 6.07) is 8.30. The lowest BCUT2D eigenvalue weighted by molar-refractivity contribution is 0.0406. The van der Waals surface area contributed by atoms with Crippen LogP contribution in [0.3, 0.4) is 0 Å². The van der Waals surface area contributed by atoms with Gasteiger partial charge in [-0.3, -0.25) is 10.00 Å². The quantitative estimate of drug-likeness (QED) is 0.433. The summed E-state index contributed by atoms with van der Waals surface area (Å²) in [5.74, 6) is 0.945. The van der Waals surface area contributed by atoms with Gasteiger partial charge in [0.15, 0.2) is 0 Å². The van der Waals surface area contributed by atoms with E-state index in [1.54, 1.807) is 22.0 Å². The molecule has 0 bridgehead atoms. The molecule has 1 unspecified atom stereocenters. The molecule has 1 aromatic carbocycles. The van der Waals surface area contributed by atoms with Gasteiger partial charge in [-0.2, -0.15) is 9.40 Å². The predicted molar refractivity (Wildman–Crippen MR) is 136 cm³/mol. The highest BCUT2D eigenvalue weighted by molar-refractivity contribution is 7.88. The molecular weight excluding hydrogens is 486 g/mol. The van der Waals surface area contributed by atoms with Crippen LogP contribution in [0.5, 0.6) is 0 Å². The lowest BCUT2D eigenvalue weighted by atomic mass is 10.0. The van der Waals surface area contributed by atoms with Crippen molar-refractivity contribution in [2.24, 2.45) is 0 Å². The Morgan fingerprint density at radius 2 is 2.03 bits per heavy atom. The Morgan fingerprint density at radius 1 is 1.17 bits per heavy atom. The second-order valence-electron chi connectivity index (χ2n) is 9.05. The number of nitrogens with one attached hydrogen (secondary N) is 1. The number of ether oxygens (including phenoxy) is 1. The van der Waals surface area contributed by atoms with E-state index >= 15 is 0 Å². The van der Waals surface area contributed by atoms with Gasteiger partial charge in [0.2, 0.25) is 10.0 Å². The van der Waals surface area contributed by atoms with Gasteiger partial charge >= 0.3 is 0 Å². The number of thiophene rings is 1. The van der Waals surface area contributed by atoms with E-state index in [-0.39, 0.29) is 6.10 Å². The topological polar surface area (TPSA) is 108 Å². The van der Waals surface area contributed by atoms with Gasteiger partial charge in [0.05, 0.1) is 34.8 Å². The predicted octanol–water partition coefficient (Wildman–Crippen LogP) is 2.22. The van der Waals surface area contributed by atoms with Crippen LogP contribution in [-0.2, 0) is 21.3 Å². The van der Waals surface area contributed by atoms with Crippen LogP contribution >= 0.6 is 11.3 Å². The third kappa shape index (κ3) is 4.52. The first-order valence-electron chi connectivity index (χ1n) is 11.6. The summed E-state index contributed by atoms with van der Waals surface area (Å²) in [4.78, 5) is 15.0. The Labute approximate surface area is 207 Å². The molecule has 184 valence electrons. The summed E-state index contributed by atoms with van der Waals surface area (Å²) in [5.41, 5.74) is 3.09. The smallest absolute Gasteiger partial charge is 0.211 e. The number of nitrogens with zero attached hydrogens (tertiary/aromatic N) is 6. The van der Waals surface area contributed by atoms with Crippen LogP contribution in [0.15, 0.2) is 36.8 Å². The first-order valence-corrected chi connectivity index (χ1v) is 14.3. The maximum atomic E-state index is 11.8. The minimum Gasteiger partial charge on any atom is -0.370 e. The summed E-state index contributed by atoms with van der Waals surface area (Å²) in [6.45, 7) is 5.40. The Bertz CT molecular complexity index is 1460. The van der Waals surface area contributed by atoms with Gasteiger partial charge in [-0.25, -0.2) is 18.4 Å². The van der Waals surface area contributed by atoms with E-state index in [0.717, 1.165) is 58.7 Å². The van der Waals surface area contributed by atoms with Gasteiger partial charge in [-0.05, 0) is 17.7 Å². The molecule has 0 spiro atoms. The van der Waals surface area contributed by atoms with Gasteiger partial charge in [-0.1, -0.05) is 12.1 Å². The van der Waals surface area contributed by atoms with Crippen LogP contribution in [0, 0.1) is 0 Å². The molecule has 35 heavy (non-hydrogen) atoms. The van der Waals surface area contributed by atoms with Crippen LogP contribution < -0.4 is 4.90 Å². The summed E-state index contributed by atoms with van der Waals surface area (Å²) in [6.07, 6.45) is 4.71. The molecule has 2 fully saturated rings. The fourth-order valence-corrected chi connectivity index (χ4v) is 6.93. The number of morpholine rings is 1. The number of aromatic nitrogens is 4. The van der Waals surface area contributed by atoms with Crippen molar-refractivity contribution in [3.8, 4) is 0 Å². The van der Waals surface area contributed by atoms with Crippen LogP contribution in [0.1, 0.15) is 16.5 Å². The highest BCUT2D eigenvalue weighted by Crippen LogP contribution is 2.35. The van der Waals surface area contributed by atoms with Gasteiger partial charge in [0.1, 0.15) is 18.2 Å². The Balaban J connectivity index is 1.21. The number of hydrogen-bond donors (Lipinski definition) is 1. The van der Waals surface area contributed by atoms with E-state index in [4.69, 9.17) is 4.74 Å². The number of hydrogen-bond acceptors (Lipinski definition) is 9. The van der Waals surface area contributed by atoms with Crippen molar-refractivity contribution >= 4 is 48.3 Å². The monoisotopic (exact) mass is 513 g/mol. The molecule has 5 heterocycles. The van der Waals surface area contributed by atoms with Crippen LogP contribution in [0.4, 0.5) is 5.82 Å². The molecule has 2 aliphatic rings. The lowest BCUT2D eigenvalue weighted by Gasteiger charge is -2.34. The lowest BCUT2D eigenvalue weighted by Crippen LogP contribution is -2.47. The van der Waals surface area contributed by atoms with E-state index in [2.05, 4.69) is 42.1 Å². The molecule has 0 saturated carbocycles. The summed E-state index contributed by atoms with van der Waals surface area (Å²) >= 11 is 1.72. The number of aromatic amines is 1. The second kappa shape index (κ2) is 9.10. The zero-order chi connectivity index (χ0) is 24.0. The number of H-pyrrole nitrogens is 1. The van der Waals surface area contributed by atoms with E-state index in [1.807, 2.05) is 18.3 Å². The molecule has 1 N–H and O–H groups in total. The van der Waals surface area contributed by atoms with Crippen LogP contribution in [0.2, 0.25) is 0 Å². The van der Waals surface area contributed by atoms with Crippen LogP contribution in [0.25, 0.3) is 21.1 Å². The number of fused-ring (bicyclic) bond motifs is 2. The van der Waals surface area contributed by atoms with E-state index in [9.17, 15) is 8.42 Å². The number of benzene rings is 1. The molecule has 0 radical (unpaired) electrons. The largest absolute Gasteiger partial charge is 0.370 e. The maximum Gasteiger partial charge on any atom is 0.211 e. The van der Waals surface area contributed by atoms with Crippen molar-refractivity contribution in [2.75, 3.05) is 57.0 Å². The minimum atomic E-state index is -3.12. The summed E-state index contributed by atoms with van der Waals surface area (Å²) in [7, 11) is -3.12. The average molecular weight is 514 g/mol. The van der Waals surface area contributed by atoms with E-state index < -0.39 is 10.0 Å². The molecule has 6 rings (SSSR count). The molecule has 2 saturated heterocycles. The summed E-state index contributed by atoms with van der Waals surface area (Å²) in [5, 5.41) is 8.31. The van der Waals surface area contributed by atoms with Gasteiger partial charge in [0.25, 0.3) is 0 Å². The second-order valence-corrected chi connectivity index (χ2v) is 12.2. The first-order chi connectivity index (χ1) is 17.0. The normalized spacial score (nSPS) is 20.7. The molecule has 4 aromatic rings. The van der Waals surface area contributed by atoms with Crippen molar-refractivity contribution in [2.45, 2.75) is 12.6 Å². The molecule has 0 aliphatic carbocycles. The van der Waals surface area contributed by atoms with Crippen molar-refractivity contribution in [3.63, 3.8) is 0 Å². The van der Waals surface area contributed by atoms with Gasteiger partial charge < -0.3 is 9.64 Å². The number of piperazine rings is 1. The molecule has 10 nitrogen and oxygen atoms in total. The zero-order valence-electron chi connectivity index (χ0n) is 19.4.